The van der Waals surface area contributed by atoms with Crippen molar-refractivity contribution in [2.45, 2.75) is 6.42 Å². The van der Waals surface area contributed by atoms with Gasteiger partial charge < -0.3 is 10.4 Å². The Kier molecular flexibility index (Phi) is 5.51. The molecule has 100 valence electrons. The number of aliphatic carboxylic acids is 1. The lowest BCUT2D eigenvalue weighted by molar-refractivity contribution is -0.138. The van der Waals surface area contributed by atoms with Gasteiger partial charge in [-0.25, -0.2) is 0 Å². The molecule has 0 radical (unpaired) electrons. The van der Waals surface area contributed by atoms with E-state index in [2.05, 4.69) is 5.32 Å². The second-order valence-electron chi connectivity index (χ2n) is 4.12. The Bertz CT molecular complexity index is 491. The maximum atomic E-state index is 11.6. The van der Waals surface area contributed by atoms with Crippen LogP contribution in [-0.2, 0) is 9.59 Å². The van der Waals surface area contributed by atoms with Gasteiger partial charge in [-0.05, 0) is 31.3 Å². The highest BCUT2D eigenvalue weighted by Crippen LogP contribution is 2.09. The summed E-state index contributed by atoms with van der Waals surface area (Å²) in [6.45, 7) is 0.276. The normalized spacial score (nSPS) is 9.95. The van der Waals surface area contributed by atoms with E-state index in [1.54, 1.807) is 36.2 Å². The number of rotatable bonds is 6. The van der Waals surface area contributed by atoms with Crippen LogP contribution in [0.4, 0.5) is 5.69 Å². The van der Waals surface area contributed by atoms with Gasteiger partial charge in [0.1, 0.15) is 0 Å². The number of carbonyl (C=O) groups excluding carboxylic acids is 1. The fraction of sp³-hybridized carbons (Fsp3) is 0.308. The molecule has 0 fully saturated rings. The zero-order chi connectivity index (χ0) is 14.3. The lowest BCUT2D eigenvalue weighted by atomic mass is 10.2. The maximum Gasteiger partial charge on any atom is 0.317 e. The molecule has 0 aliphatic heterocycles. The molecule has 19 heavy (non-hydrogen) atoms. The first-order valence-corrected chi connectivity index (χ1v) is 5.71. The van der Waals surface area contributed by atoms with Crippen LogP contribution in [0, 0.1) is 11.3 Å². The standard InChI is InChI=1S/C13H15N3O3/c1-16(9-13(18)19)7-6-12(17)15-11-4-2-10(8-14)3-5-11/h2-5H,6-7,9H2,1H3,(H,15,17)(H,18,19). The molecule has 0 spiro atoms. The van der Waals surface area contributed by atoms with Crippen LogP contribution < -0.4 is 5.32 Å². The van der Waals surface area contributed by atoms with Gasteiger partial charge in [0.2, 0.25) is 5.91 Å². The molecule has 0 aliphatic rings. The summed E-state index contributed by atoms with van der Waals surface area (Å²) in [7, 11) is 1.64. The highest BCUT2D eigenvalue weighted by Gasteiger charge is 2.07. The van der Waals surface area contributed by atoms with Crippen LogP contribution in [0.3, 0.4) is 0 Å². The van der Waals surface area contributed by atoms with Gasteiger partial charge in [-0.1, -0.05) is 0 Å². The van der Waals surface area contributed by atoms with E-state index in [1.807, 2.05) is 6.07 Å². The van der Waals surface area contributed by atoms with Crippen LogP contribution in [0.2, 0.25) is 0 Å². The third-order valence-electron chi connectivity index (χ3n) is 2.42. The number of carbonyl (C=O) groups is 2. The predicted molar refractivity (Wildman–Crippen MR) is 69.5 cm³/mol. The minimum Gasteiger partial charge on any atom is -0.480 e. The van der Waals surface area contributed by atoms with Gasteiger partial charge in [0.15, 0.2) is 0 Å². The highest BCUT2D eigenvalue weighted by atomic mass is 16.4. The molecular weight excluding hydrogens is 246 g/mol. The van der Waals surface area contributed by atoms with Crippen molar-refractivity contribution in [1.82, 2.24) is 4.90 Å². The Labute approximate surface area is 111 Å². The van der Waals surface area contributed by atoms with Crippen molar-refractivity contribution < 1.29 is 14.7 Å². The molecule has 1 aromatic carbocycles. The molecule has 0 bridgehead atoms. The number of amides is 1. The quantitative estimate of drug-likeness (QED) is 0.793. The third kappa shape index (κ3) is 5.66. The molecule has 0 heterocycles. The van der Waals surface area contributed by atoms with Crippen molar-refractivity contribution in [3.05, 3.63) is 29.8 Å². The minimum absolute atomic E-state index is 0.0931. The van der Waals surface area contributed by atoms with Crippen LogP contribution in [0.15, 0.2) is 24.3 Å². The van der Waals surface area contributed by atoms with Gasteiger partial charge in [0, 0.05) is 18.7 Å². The summed E-state index contributed by atoms with van der Waals surface area (Å²) in [5.41, 5.74) is 1.14. The zero-order valence-corrected chi connectivity index (χ0v) is 10.6. The molecule has 0 saturated carbocycles. The van der Waals surface area contributed by atoms with Crippen molar-refractivity contribution in [3.8, 4) is 6.07 Å². The van der Waals surface area contributed by atoms with E-state index >= 15 is 0 Å². The Morgan fingerprint density at radius 3 is 2.53 bits per heavy atom. The van der Waals surface area contributed by atoms with Crippen LogP contribution >= 0.6 is 0 Å². The minimum atomic E-state index is -0.921. The molecule has 0 aliphatic carbocycles. The van der Waals surface area contributed by atoms with Crippen molar-refractivity contribution in [3.63, 3.8) is 0 Å². The average Bonchev–Trinajstić information content (AvgIpc) is 2.36. The van der Waals surface area contributed by atoms with E-state index in [0.29, 0.717) is 17.8 Å². The summed E-state index contributed by atoms with van der Waals surface area (Å²) in [5.74, 6) is -1.11. The Morgan fingerprint density at radius 2 is 2.00 bits per heavy atom. The van der Waals surface area contributed by atoms with Crippen molar-refractivity contribution in [2.75, 3.05) is 25.5 Å². The molecule has 0 saturated heterocycles. The number of benzene rings is 1. The van der Waals surface area contributed by atoms with Crippen LogP contribution in [0.5, 0.6) is 0 Å². The molecule has 2 N–H and O–H groups in total. The number of nitrogens with zero attached hydrogens (tertiary/aromatic N) is 2. The number of hydrogen-bond donors (Lipinski definition) is 2. The number of carboxylic acids is 1. The summed E-state index contributed by atoms with van der Waals surface area (Å²) in [4.78, 5) is 23.6. The average molecular weight is 261 g/mol. The number of nitriles is 1. The first-order valence-electron chi connectivity index (χ1n) is 5.71. The summed E-state index contributed by atoms with van der Waals surface area (Å²) in [6, 6.07) is 8.53. The fourth-order valence-corrected chi connectivity index (χ4v) is 1.45. The number of nitrogens with one attached hydrogen (secondary N) is 1. The second-order valence-corrected chi connectivity index (χ2v) is 4.12. The van der Waals surface area contributed by atoms with E-state index in [9.17, 15) is 9.59 Å². The van der Waals surface area contributed by atoms with Gasteiger partial charge in [0.05, 0.1) is 18.2 Å². The molecule has 1 aromatic rings. The topological polar surface area (TPSA) is 93.4 Å². The predicted octanol–water partition coefficient (Wildman–Crippen LogP) is 0.903. The van der Waals surface area contributed by atoms with Crippen molar-refractivity contribution >= 4 is 17.6 Å². The molecule has 1 amide bonds. The summed E-state index contributed by atoms with van der Waals surface area (Å²) in [5, 5.41) is 19.9. The van der Waals surface area contributed by atoms with Crippen LogP contribution in [-0.4, -0.2) is 42.0 Å². The second kappa shape index (κ2) is 7.13. The largest absolute Gasteiger partial charge is 0.480 e. The SMILES string of the molecule is CN(CCC(=O)Nc1ccc(C#N)cc1)CC(=O)O. The molecule has 0 aromatic heterocycles. The van der Waals surface area contributed by atoms with Gasteiger partial charge in [-0.2, -0.15) is 5.26 Å². The van der Waals surface area contributed by atoms with E-state index in [4.69, 9.17) is 10.4 Å². The highest BCUT2D eigenvalue weighted by molar-refractivity contribution is 5.90. The molecule has 0 atom stereocenters. The summed E-state index contributed by atoms with van der Waals surface area (Å²) >= 11 is 0. The Morgan fingerprint density at radius 1 is 1.37 bits per heavy atom. The number of carboxylic acid groups (broad SMARTS) is 1. The van der Waals surface area contributed by atoms with Gasteiger partial charge in [-0.3, -0.25) is 14.5 Å². The van der Waals surface area contributed by atoms with E-state index in [1.165, 1.54) is 0 Å². The van der Waals surface area contributed by atoms with Crippen LogP contribution in [0.1, 0.15) is 12.0 Å². The fourth-order valence-electron chi connectivity index (χ4n) is 1.45. The molecule has 0 unspecified atom stereocenters. The van der Waals surface area contributed by atoms with Gasteiger partial charge in [0.25, 0.3) is 0 Å². The molecular formula is C13H15N3O3. The maximum absolute atomic E-state index is 11.6. The van der Waals surface area contributed by atoms with E-state index < -0.39 is 5.97 Å². The smallest absolute Gasteiger partial charge is 0.317 e. The van der Waals surface area contributed by atoms with E-state index in [-0.39, 0.29) is 18.9 Å². The third-order valence-corrected chi connectivity index (χ3v) is 2.42. The molecule has 6 nitrogen and oxygen atoms in total. The first kappa shape index (κ1) is 14.7. The van der Waals surface area contributed by atoms with Gasteiger partial charge >= 0.3 is 5.97 Å². The van der Waals surface area contributed by atoms with Crippen molar-refractivity contribution in [1.29, 1.82) is 5.26 Å². The number of likely N-dealkylation sites (N-methyl/N-ethyl adjacent to an activating group) is 1. The van der Waals surface area contributed by atoms with Crippen LogP contribution in [0.25, 0.3) is 0 Å². The van der Waals surface area contributed by atoms with E-state index in [0.717, 1.165) is 0 Å². The zero-order valence-electron chi connectivity index (χ0n) is 10.6. The first-order chi connectivity index (χ1) is 9.01. The number of hydrogen-bond acceptors (Lipinski definition) is 4. The number of anilines is 1. The van der Waals surface area contributed by atoms with Crippen molar-refractivity contribution in [2.24, 2.45) is 0 Å². The van der Waals surface area contributed by atoms with Gasteiger partial charge in [-0.15, -0.1) is 0 Å². The summed E-state index contributed by atoms with van der Waals surface area (Å²) < 4.78 is 0. The monoisotopic (exact) mass is 261 g/mol. The Hall–Kier alpha value is -2.39. The lowest BCUT2D eigenvalue weighted by Crippen LogP contribution is -2.29. The summed E-state index contributed by atoms with van der Waals surface area (Å²) in [6.07, 6.45) is 0.212. The molecule has 6 heteroatoms. The Balaban J connectivity index is 2.38. The molecule has 1 rings (SSSR count). The lowest BCUT2D eigenvalue weighted by Gasteiger charge is -2.13.